The monoisotopic (exact) mass is 480 g/mol. The van der Waals surface area contributed by atoms with Gasteiger partial charge in [-0.05, 0) is 0 Å². The van der Waals surface area contributed by atoms with E-state index in [0.717, 1.165) is 0 Å². The molecule has 0 spiro atoms. The zero-order valence-corrected chi connectivity index (χ0v) is 10.9. The van der Waals surface area contributed by atoms with Crippen molar-refractivity contribution in [2.45, 2.75) is 0 Å². The Morgan fingerprint density at radius 2 is 0.625 bits per heavy atom. The van der Waals surface area contributed by atoms with E-state index in [1.807, 2.05) is 0 Å². The first-order chi connectivity index (χ1) is 6.61. The van der Waals surface area contributed by atoms with Crippen molar-refractivity contribution in [3.05, 3.63) is 0 Å². The normalized spacial score (nSPS) is 5.00. The topological polar surface area (TPSA) is 207 Å². The molecule has 0 aromatic rings. The van der Waals surface area contributed by atoms with Gasteiger partial charge in [0.25, 0.3) is 0 Å². The molecule has 0 heterocycles. The summed E-state index contributed by atoms with van der Waals surface area (Å²) in [4.78, 5) is 25.7. The third kappa shape index (κ3) is 7220. The molecule has 0 saturated carbocycles. The predicted octanol–water partition coefficient (Wildman–Crippen LogP) is -0.219. The Balaban J connectivity index is -0.0000000331. The minimum absolute atomic E-state index is 0. The Hall–Kier alpha value is -0.538. The molecule has 13 heteroatoms. The summed E-state index contributed by atoms with van der Waals surface area (Å²) in [7, 11) is 0. The molecule has 0 rings (SSSR count). The van der Waals surface area contributed by atoms with Crippen molar-refractivity contribution in [2.24, 2.45) is 0 Å². The molecule has 0 fully saturated rings. The standard InChI is InChI=1S/3CH2O3.Na.2O.U.H/c3*2-1(3)4;;;;;/h3*(H2,2,3,4);;;;;. The van der Waals surface area contributed by atoms with Crippen LogP contribution in [-0.4, -0.2) is 78.7 Å². The van der Waals surface area contributed by atoms with Crippen LogP contribution in [0.15, 0.2) is 0 Å². The van der Waals surface area contributed by atoms with E-state index in [9.17, 15) is 0 Å². The summed E-state index contributed by atoms with van der Waals surface area (Å²) in [5.41, 5.74) is 0. The number of hydrogen-bond donors (Lipinski definition) is 6. The summed E-state index contributed by atoms with van der Waals surface area (Å²) in [6.07, 6.45) is -5.50. The zero-order chi connectivity index (χ0) is 13.4. The van der Waals surface area contributed by atoms with E-state index in [0.29, 0.717) is 0 Å². The van der Waals surface area contributed by atoms with Crippen molar-refractivity contribution in [1.29, 1.82) is 0 Å². The summed E-state index contributed by atoms with van der Waals surface area (Å²) in [6.45, 7) is 0. The van der Waals surface area contributed by atoms with Gasteiger partial charge in [-0.2, -0.15) is 0 Å². The fraction of sp³-hybridized carbons (Fsp3) is 0. The van der Waals surface area contributed by atoms with E-state index in [1.54, 1.807) is 0 Å². The second kappa shape index (κ2) is 29.3. The van der Waals surface area contributed by atoms with Crippen LogP contribution in [-0.2, 0) is 4.47 Å². The number of hydrogen-bond acceptors (Lipinski definition) is 5. The molecule has 0 amide bonds. The predicted molar refractivity (Wildman–Crippen MR) is 40.5 cm³/mol. The maximum absolute atomic E-state index is 8.58. The molecule has 0 unspecified atom stereocenters. The first-order valence-corrected chi connectivity index (χ1v) is 5.76. The van der Waals surface area contributed by atoms with Crippen molar-refractivity contribution in [2.75, 3.05) is 0 Å². The van der Waals surface area contributed by atoms with Gasteiger partial charge in [0.2, 0.25) is 0 Å². The molecular weight excluding hydrogens is 473 g/mol. The van der Waals surface area contributed by atoms with Crippen LogP contribution in [0.1, 0.15) is 0 Å². The molecule has 0 radical (unpaired) electrons. The summed E-state index contributed by atoms with van der Waals surface area (Å²) >= 11 is -2.51. The van der Waals surface area contributed by atoms with Gasteiger partial charge in [-0.1, -0.05) is 0 Å². The molecule has 0 aliphatic heterocycles. The molecule has 0 atom stereocenters. The quantitative estimate of drug-likeness (QED) is 0.250. The van der Waals surface area contributed by atoms with Gasteiger partial charge in [-0.15, -0.1) is 0 Å². The Morgan fingerprint density at radius 3 is 0.625 bits per heavy atom. The Kier molecular flexibility index (Phi) is 54.1. The molecule has 16 heavy (non-hydrogen) atoms. The van der Waals surface area contributed by atoms with Gasteiger partial charge in [0.1, 0.15) is 0 Å². The van der Waals surface area contributed by atoms with Gasteiger partial charge in [-0.25, -0.2) is 14.4 Å². The van der Waals surface area contributed by atoms with Crippen LogP contribution in [0.3, 0.4) is 0 Å². The molecule has 0 aliphatic carbocycles. The van der Waals surface area contributed by atoms with E-state index in [2.05, 4.69) is 0 Å². The molecule has 0 aromatic heterocycles. The number of rotatable bonds is 0. The molecule has 11 nitrogen and oxygen atoms in total. The van der Waals surface area contributed by atoms with E-state index in [1.165, 1.54) is 0 Å². The van der Waals surface area contributed by atoms with Crippen LogP contribution in [0.25, 0.3) is 0 Å². The summed E-state index contributed by atoms with van der Waals surface area (Å²) in [5.74, 6) is 0. The van der Waals surface area contributed by atoms with Gasteiger partial charge < -0.3 is 30.6 Å². The first kappa shape index (κ1) is 29.5. The average molecular weight is 480 g/mol. The molecule has 0 aromatic carbocycles. The van der Waals surface area contributed by atoms with Crippen LogP contribution >= 0.6 is 0 Å². The van der Waals surface area contributed by atoms with Crippen molar-refractivity contribution >= 4 is 48.0 Å². The van der Waals surface area contributed by atoms with Gasteiger partial charge in [-0.3, -0.25) is 0 Å². The van der Waals surface area contributed by atoms with E-state index < -0.39 is 46.3 Å². The second-order valence-corrected chi connectivity index (χ2v) is 1.63. The second-order valence-electron chi connectivity index (χ2n) is 0.931. The van der Waals surface area contributed by atoms with Gasteiger partial charge >= 0.3 is 80.3 Å². The summed E-state index contributed by atoms with van der Waals surface area (Å²) in [5, 5.41) is 41.8. The van der Waals surface area contributed by atoms with E-state index in [-0.39, 0.29) is 29.6 Å². The molecule has 0 saturated heterocycles. The molecule has 0 aliphatic rings. The minimum atomic E-state index is -2.51. The van der Waals surface area contributed by atoms with Crippen LogP contribution < -0.4 is 0 Å². The van der Waals surface area contributed by atoms with Crippen LogP contribution in [0.5, 0.6) is 0 Å². The fourth-order valence-electron chi connectivity index (χ4n) is 0. The average Bonchev–Trinajstić information content (AvgIpc) is 1.81. The van der Waals surface area contributed by atoms with Crippen LogP contribution in [0, 0.1) is 27.8 Å². The first-order valence-electron chi connectivity index (χ1n) is 2.36. The molecule has 0 bridgehead atoms. The molecule has 90 valence electrons. The van der Waals surface area contributed by atoms with E-state index in [4.69, 9.17) is 49.5 Å². The maximum atomic E-state index is 8.58. The van der Waals surface area contributed by atoms with Crippen molar-refractivity contribution in [3.8, 4) is 0 Å². The third-order valence-electron chi connectivity index (χ3n) is 0. The Bertz CT molecular complexity index is 179. The molecular formula is C3H7NaO11U. The zero-order valence-electron chi connectivity index (χ0n) is 6.72. The Labute approximate surface area is 124 Å². The summed E-state index contributed by atoms with van der Waals surface area (Å²) in [6, 6.07) is 0. The fourth-order valence-corrected chi connectivity index (χ4v) is 0. The summed E-state index contributed by atoms with van der Waals surface area (Å²) < 4.78 is 17.2. The van der Waals surface area contributed by atoms with Gasteiger partial charge in [0, 0.05) is 0 Å². The third-order valence-corrected chi connectivity index (χ3v) is 0. The van der Waals surface area contributed by atoms with E-state index >= 15 is 0 Å². The number of carboxylic acid groups (broad SMARTS) is 6. The number of carbonyl (C=O) groups is 3. The SMILES string of the molecule is O=C(O)O.O=C(O)O.O=C(O)O.[NaH].[O]=[U]=[O]. The molecule has 6 N–H and O–H groups in total. The van der Waals surface area contributed by atoms with Crippen molar-refractivity contribution in [1.82, 2.24) is 0 Å². The van der Waals surface area contributed by atoms with Crippen molar-refractivity contribution < 1.29 is 77.3 Å². The van der Waals surface area contributed by atoms with Crippen LogP contribution in [0.4, 0.5) is 14.4 Å². The van der Waals surface area contributed by atoms with Gasteiger partial charge in [0.15, 0.2) is 0 Å². The Morgan fingerprint density at radius 1 is 0.625 bits per heavy atom. The van der Waals surface area contributed by atoms with Crippen LogP contribution in [0.2, 0.25) is 0 Å². The van der Waals surface area contributed by atoms with Gasteiger partial charge in [0.05, 0.1) is 0 Å². The van der Waals surface area contributed by atoms with Crippen molar-refractivity contribution in [3.63, 3.8) is 0 Å².